The molecular weight excluding hydrogens is 222 g/mol. The van der Waals surface area contributed by atoms with Crippen molar-refractivity contribution in [1.82, 2.24) is 5.32 Å². The Morgan fingerprint density at radius 2 is 2.18 bits per heavy atom. The predicted octanol–water partition coefficient (Wildman–Crippen LogP) is 1.77. The Labute approximate surface area is 101 Å². The molecule has 1 saturated heterocycles. The van der Waals surface area contributed by atoms with Crippen molar-refractivity contribution < 1.29 is 19.1 Å². The molecule has 1 aliphatic rings. The first-order valence-electron chi connectivity index (χ1n) is 5.65. The van der Waals surface area contributed by atoms with Gasteiger partial charge in [0.05, 0.1) is 6.61 Å². The molecule has 0 aromatic heterocycles. The lowest BCUT2D eigenvalue weighted by Crippen LogP contribution is -2.37. The number of alkyl carbamates (subject to hydrolysis) is 1. The molecule has 1 amide bonds. The van der Waals surface area contributed by atoms with Gasteiger partial charge in [0.25, 0.3) is 0 Å². The first-order chi connectivity index (χ1) is 7.78. The predicted molar refractivity (Wildman–Crippen MR) is 62.5 cm³/mol. The van der Waals surface area contributed by atoms with Crippen LogP contribution in [0.25, 0.3) is 0 Å². The molecule has 1 rings (SSSR count). The van der Waals surface area contributed by atoms with E-state index in [1.54, 1.807) is 33.8 Å². The summed E-state index contributed by atoms with van der Waals surface area (Å²) in [7, 11) is 0. The summed E-state index contributed by atoms with van der Waals surface area (Å²) in [5, 5.41) is 2.64. The van der Waals surface area contributed by atoms with Crippen molar-refractivity contribution in [1.29, 1.82) is 0 Å². The molecule has 1 fully saturated rings. The van der Waals surface area contributed by atoms with Crippen molar-refractivity contribution in [3.8, 4) is 0 Å². The summed E-state index contributed by atoms with van der Waals surface area (Å²) >= 11 is 0. The molecule has 0 unspecified atom stereocenters. The number of carbonyl (C=O) groups is 2. The number of hydrogen-bond donors (Lipinski definition) is 1. The van der Waals surface area contributed by atoms with Gasteiger partial charge in [0, 0.05) is 18.0 Å². The van der Waals surface area contributed by atoms with Crippen molar-refractivity contribution in [2.45, 2.75) is 45.8 Å². The molecule has 0 aromatic carbocycles. The van der Waals surface area contributed by atoms with Gasteiger partial charge in [-0.2, -0.15) is 0 Å². The summed E-state index contributed by atoms with van der Waals surface area (Å²) < 4.78 is 9.90. The quantitative estimate of drug-likeness (QED) is 0.591. The lowest BCUT2D eigenvalue weighted by Gasteiger charge is -2.21. The number of rotatable bonds is 2. The third-order valence-corrected chi connectivity index (χ3v) is 2.06. The van der Waals surface area contributed by atoms with Gasteiger partial charge in [0.15, 0.2) is 0 Å². The van der Waals surface area contributed by atoms with Crippen LogP contribution < -0.4 is 5.32 Å². The number of carbonyl (C=O) groups excluding carboxylic acids is 2. The molecule has 1 aliphatic heterocycles. The third kappa shape index (κ3) is 4.89. The van der Waals surface area contributed by atoms with Crippen LogP contribution in [0.4, 0.5) is 4.79 Å². The number of amides is 1. The standard InChI is InChI=1S/C12H19NO4/c1-8(7-9-5-6-16-10(9)14)13-11(15)17-12(2,3)4/h7-8H,5-6H2,1-4H3,(H,13,15)/b9-7+/t8-/m0/s1. The average molecular weight is 241 g/mol. The van der Waals surface area contributed by atoms with Crippen molar-refractivity contribution >= 4 is 12.1 Å². The van der Waals surface area contributed by atoms with Crippen molar-refractivity contribution in [2.24, 2.45) is 0 Å². The molecular formula is C12H19NO4. The molecule has 0 saturated carbocycles. The molecule has 5 heteroatoms. The number of esters is 1. The second-order valence-electron chi connectivity index (χ2n) is 5.01. The second-order valence-corrected chi connectivity index (χ2v) is 5.01. The summed E-state index contributed by atoms with van der Waals surface area (Å²) in [5.41, 5.74) is 0.0806. The highest BCUT2D eigenvalue weighted by atomic mass is 16.6. The summed E-state index contributed by atoms with van der Waals surface area (Å²) in [6.45, 7) is 7.59. The third-order valence-electron chi connectivity index (χ3n) is 2.06. The van der Waals surface area contributed by atoms with Crippen LogP contribution >= 0.6 is 0 Å². The summed E-state index contributed by atoms with van der Waals surface area (Å²) in [6, 6.07) is -0.259. The molecule has 96 valence electrons. The van der Waals surface area contributed by atoms with Crippen molar-refractivity contribution in [2.75, 3.05) is 6.61 Å². The van der Waals surface area contributed by atoms with E-state index in [1.807, 2.05) is 0 Å². The molecule has 5 nitrogen and oxygen atoms in total. The number of nitrogens with one attached hydrogen (secondary N) is 1. The van der Waals surface area contributed by atoms with E-state index in [9.17, 15) is 9.59 Å². The van der Waals surface area contributed by atoms with Gasteiger partial charge in [-0.05, 0) is 27.7 Å². The van der Waals surface area contributed by atoms with Gasteiger partial charge in [-0.15, -0.1) is 0 Å². The zero-order valence-electron chi connectivity index (χ0n) is 10.7. The zero-order valence-corrected chi connectivity index (χ0v) is 10.7. The SMILES string of the molecule is C[C@@H](/C=C1\CCOC1=O)NC(=O)OC(C)(C)C. The van der Waals surface area contributed by atoms with Crippen LogP contribution in [0.15, 0.2) is 11.6 Å². The van der Waals surface area contributed by atoms with Crippen LogP contribution in [0.5, 0.6) is 0 Å². The molecule has 0 spiro atoms. The highest BCUT2D eigenvalue weighted by Gasteiger charge is 2.21. The van der Waals surface area contributed by atoms with Crippen LogP contribution in [0.1, 0.15) is 34.1 Å². The maximum atomic E-state index is 11.4. The van der Waals surface area contributed by atoms with Crippen molar-refractivity contribution in [3.63, 3.8) is 0 Å². The minimum absolute atomic E-state index is 0.259. The van der Waals surface area contributed by atoms with Gasteiger partial charge in [0.2, 0.25) is 0 Å². The molecule has 1 N–H and O–H groups in total. The molecule has 17 heavy (non-hydrogen) atoms. The Hall–Kier alpha value is -1.52. The zero-order chi connectivity index (χ0) is 13.1. The van der Waals surface area contributed by atoms with E-state index in [4.69, 9.17) is 9.47 Å². The highest BCUT2D eigenvalue weighted by molar-refractivity contribution is 5.90. The Kier molecular flexibility index (Phi) is 4.15. The smallest absolute Gasteiger partial charge is 0.408 e. The Morgan fingerprint density at radius 3 is 2.65 bits per heavy atom. The fourth-order valence-electron chi connectivity index (χ4n) is 1.44. The molecule has 1 atom stereocenters. The van der Waals surface area contributed by atoms with Crippen molar-refractivity contribution in [3.05, 3.63) is 11.6 Å². The number of cyclic esters (lactones) is 1. The molecule has 0 bridgehead atoms. The average Bonchev–Trinajstić information content (AvgIpc) is 2.47. The number of hydrogen-bond acceptors (Lipinski definition) is 4. The van der Waals surface area contributed by atoms with Gasteiger partial charge in [-0.1, -0.05) is 6.08 Å². The van der Waals surface area contributed by atoms with E-state index >= 15 is 0 Å². The van der Waals surface area contributed by atoms with E-state index < -0.39 is 11.7 Å². The van der Waals surface area contributed by atoms with E-state index in [0.29, 0.717) is 18.6 Å². The largest absolute Gasteiger partial charge is 0.462 e. The van der Waals surface area contributed by atoms with Gasteiger partial charge in [0.1, 0.15) is 5.60 Å². The van der Waals surface area contributed by atoms with Gasteiger partial charge in [-0.3, -0.25) is 0 Å². The Bertz CT molecular complexity index is 341. The monoisotopic (exact) mass is 241 g/mol. The van der Waals surface area contributed by atoms with Crippen LogP contribution in [-0.4, -0.2) is 30.3 Å². The summed E-state index contributed by atoms with van der Waals surface area (Å²) in [6.07, 6.45) is 1.80. The van der Waals surface area contributed by atoms with E-state index in [-0.39, 0.29) is 12.0 Å². The fourth-order valence-corrected chi connectivity index (χ4v) is 1.44. The van der Waals surface area contributed by atoms with Gasteiger partial charge in [-0.25, -0.2) is 9.59 Å². The van der Waals surface area contributed by atoms with Crippen LogP contribution in [0.2, 0.25) is 0 Å². The molecule has 0 aromatic rings. The van der Waals surface area contributed by atoms with Gasteiger partial charge < -0.3 is 14.8 Å². The van der Waals surface area contributed by atoms with E-state index in [1.165, 1.54) is 0 Å². The Morgan fingerprint density at radius 1 is 1.53 bits per heavy atom. The van der Waals surface area contributed by atoms with E-state index in [0.717, 1.165) is 0 Å². The highest BCUT2D eigenvalue weighted by Crippen LogP contribution is 2.13. The normalized spacial score (nSPS) is 20.0. The molecule has 1 heterocycles. The summed E-state index contributed by atoms with van der Waals surface area (Å²) in [5.74, 6) is -0.303. The lowest BCUT2D eigenvalue weighted by molar-refractivity contribution is -0.135. The van der Waals surface area contributed by atoms with E-state index in [2.05, 4.69) is 5.32 Å². The maximum absolute atomic E-state index is 11.4. The second kappa shape index (κ2) is 5.21. The minimum atomic E-state index is -0.525. The molecule has 0 radical (unpaired) electrons. The fraction of sp³-hybridized carbons (Fsp3) is 0.667. The first-order valence-corrected chi connectivity index (χ1v) is 5.65. The topological polar surface area (TPSA) is 64.6 Å². The lowest BCUT2D eigenvalue weighted by atomic mass is 10.1. The number of ether oxygens (including phenoxy) is 2. The van der Waals surface area contributed by atoms with Crippen LogP contribution in [0.3, 0.4) is 0 Å². The molecule has 0 aliphatic carbocycles. The van der Waals surface area contributed by atoms with Crippen LogP contribution in [0, 0.1) is 0 Å². The Balaban J connectivity index is 2.47. The minimum Gasteiger partial charge on any atom is -0.462 e. The van der Waals surface area contributed by atoms with Crippen LogP contribution in [-0.2, 0) is 14.3 Å². The first kappa shape index (κ1) is 13.5. The van der Waals surface area contributed by atoms with Gasteiger partial charge >= 0.3 is 12.1 Å². The summed E-state index contributed by atoms with van der Waals surface area (Å²) in [4.78, 5) is 22.6. The maximum Gasteiger partial charge on any atom is 0.408 e.